The van der Waals surface area contributed by atoms with E-state index in [1.54, 1.807) is 18.2 Å². The highest BCUT2D eigenvalue weighted by atomic mass is 16.7. The lowest BCUT2D eigenvalue weighted by Gasteiger charge is -2.24. The van der Waals surface area contributed by atoms with Gasteiger partial charge in [0.2, 0.25) is 6.79 Å². The molecule has 0 bridgehead atoms. The maximum absolute atomic E-state index is 12.4. The van der Waals surface area contributed by atoms with E-state index in [4.69, 9.17) is 9.47 Å². The second-order valence-corrected chi connectivity index (χ2v) is 6.32. The van der Waals surface area contributed by atoms with E-state index in [0.29, 0.717) is 17.1 Å². The van der Waals surface area contributed by atoms with E-state index in [-0.39, 0.29) is 18.6 Å². The highest BCUT2D eigenvalue weighted by Crippen LogP contribution is 2.33. The van der Waals surface area contributed by atoms with Gasteiger partial charge in [-0.25, -0.2) is 5.43 Å². The van der Waals surface area contributed by atoms with E-state index in [9.17, 15) is 4.79 Å². The third-order valence-corrected chi connectivity index (χ3v) is 4.72. The quantitative estimate of drug-likeness (QED) is 0.866. The van der Waals surface area contributed by atoms with E-state index in [0.717, 1.165) is 25.0 Å². The van der Waals surface area contributed by atoms with Crippen molar-refractivity contribution in [1.82, 2.24) is 5.43 Å². The summed E-state index contributed by atoms with van der Waals surface area (Å²) >= 11 is 0. The van der Waals surface area contributed by atoms with Crippen LogP contribution in [0.4, 0.5) is 0 Å². The van der Waals surface area contributed by atoms with E-state index < -0.39 is 0 Å². The molecule has 2 aromatic rings. The third-order valence-electron chi connectivity index (χ3n) is 4.72. The lowest BCUT2D eigenvalue weighted by atomic mass is 9.82. The van der Waals surface area contributed by atoms with Crippen molar-refractivity contribution < 1.29 is 14.3 Å². The molecule has 4 rings (SSSR count). The van der Waals surface area contributed by atoms with Gasteiger partial charge >= 0.3 is 0 Å². The predicted octanol–water partition coefficient (Wildman–Crippen LogP) is 3.86. The zero-order chi connectivity index (χ0) is 17.1. The van der Waals surface area contributed by atoms with E-state index in [1.807, 2.05) is 18.2 Å². The van der Waals surface area contributed by atoms with Gasteiger partial charge in [0.15, 0.2) is 11.5 Å². The molecule has 2 aromatic carbocycles. The molecule has 25 heavy (non-hydrogen) atoms. The summed E-state index contributed by atoms with van der Waals surface area (Å²) in [7, 11) is 0. The van der Waals surface area contributed by atoms with Crippen molar-refractivity contribution >= 4 is 11.6 Å². The van der Waals surface area contributed by atoms with Gasteiger partial charge in [0.05, 0.1) is 0 Å². The van der Waals surface area contributed by atoms with Crippen molar-refractivity contribution in [1.29, 1.82) is 0 Å². The second kappa shape index (κ2) is 6.97. The predicted molar refractivity (Wildman–Crippen MR) is 95.1 cm³/mol. The minimum atomic E-state index is -0.233. The standard InChI is InChI=1S/C20H20N2O3/c23-20(15-10-11-18-19(12-15)25-13-24-18)22-21-17-9-5-4-8-16(17)14-6-2-1-3-7-14/h1-3,6-7,10-12,16H,4-5,8-9,13H2,(H,22,23)/t16-/m1/s1. The van der Waals surface area contributed by atoms with Gasteiger partial charge in [0.1, 0.15) is 0 Å². The van der Waals surface area contributed by atoms with E-state index in [1.165, 1.54) is 12.0 Å². The first-order valence-corrected chi connectivity index (χ1v) is 8.62. The molecule has 0 unspecified atom stereocenters. The Balaban J connectivity index is 1.50. The molecule has 0 radical (unpaired) electrons. The van der Waals surface area contributed by atoms with Crippen LogP contribution in [0.1, 0.15) is 47.5 Å². The molecule has 1 heterocycles. The molecule has 1 fully saturated rings. The first kappa shape index (κ1) is 15.7. The maximum Gasteiger partial charge on any atom is 0.271 e. The number of hydrogen-bond acceptors (Lipinski definition) is 4. The van der Waals surface area contributed by atoms with Crippen molar-refractivity contribution in [3.05, 3.63) is 59.7 Å². The number of hydrazone groups is 1. The van der Waals surface area contributed by atoms with Gasteiger partial charge in [-0.3, -0.25) is 4.79 Å². The summed E-state index contributed by atoms with van der Waals surface area (Å²) in [5.74, 6) is 1.31. The highest BCUT2D eigenvalue weighted by Gasteiger charge is 2.23. The first-order valence-electron chi connectivity index (χ1n) is 8.62. The van der Waals surface area contributed by atoms with Crippen LogP contribution in [0.25, 0.3) is 0 Å². The molecule has 1 N–H and O–H groups in total. The van der Waals surface area contributed by atoms with Gasteiger partial charge in [0.25, 0.3) is 5.91 Å². The summed E-state index contributed by atoms with van der Waals surface area (Å²) in [6, 6.07) is 15.5. The largest absolute Gasteiger partial charge is 0.454 e. The average molecular weight is 336 g/mol. The van der Waals surface area contributed by atoms with Crippen LogP contribution in [0.15, 0.2) is 53.6 Å². The number of ether oxygens (including phenoxy) is 2. The van der Waals surface area contributed by atoms with Gasteiger partial charge in [-0.05, 0) is 43.0 Å². The lowest BCUT2D eigenvalue weighted by Crippen LogP contribution is -2.24. The number of carbonyl (C=O) groups is 1. The van der Waals surface area contributed by atoms with Crippen molar-refractivity contribution in [3.8, 4) is 11.5 Å². The summed E-state index contributed by atoms with van der Waals surface area (Å²) in [4.78, 5) is 12.4. The third kappa shape index (κ3) is 3.36. The number of hydrogen-bond donors (Lipinski definition) is 1. The van der Waals surface area contributed by atoms with Crippen LogP contribution in [0, 0.1) is 0 Å². The van der Waals surface area contributed by atoms with Gasteiger partial charge in [-0.15, -0.1) is 0 Å². The lowest BCUT2D eigenvalue weighted by molar-refractivity contribution is 0.0954. The number of benzene rings is 2. The normalized spacial score (nSPS) is 20.5. The van der Waals surface area contributed by atoms with Crippen molar-refractivity contribution in [2.24, 2.45) is 5.10 Å². The summed E-state index contributed by atoms with van der Waals surface area (Å²) in [5, 5.41) is 4.46. The Morgan fingerprint density at radius 2 is 1.88 bits per heavy atom. The fourth-order valence-electron chi connectivity index (χ4n) is 3.40. The summed E-state index contributed by atoms with van der Waals surface area (Å²) in [6.45, 7) is 0.196. The number of nitrogens with one attached hydrogen (secondary N) is 1. The van der Waals surface area contributed by atoms with Crippen LogP contribution in [0.2, 0.25) is 0 Å². The minimum absolute atomic E-state index is 0.196. The SMILES string of the molecule is O=C(NN=C1CCCC[C@@H]1c1ccccc1)c1ccc2c(c1)OCO2. The molecular formula is C20H20N2O3. The smallest absolute Gasteiger partial charge is 0.271 e. The number of amides is 1. The summed E-state index contributed by atoms with van der Waals surface area (Å²) in [5.41, 5.74) is 5.54. The molecule has 0 aromatic heterocycles. The number of rotatable bonds is 3. The monoisotopic (exact) mass is 336 g/mol. The zero-order valence-electron chi connectivity index (χ0n) is 13.9. The van der Waals surface area contributed by atoms with Crippen LogP contribution in [-0.4, -0.2) is 18.4 Å². The van der Waals surface area contributed by atoms with Crippen LogP contribution in [0.3, 0.4) is 0 Å². The molecule has 1 amide bonds. The molecule has 1 aliphatic carbocycles. The summed E-state index contributed by atoms with van der Waals surface area (Å²) in [6.07, 6.45) is 4.29. The molecule has 1 aliphatic heterocycles. The highest BCUT2D eigenvalue weighted by molar-refractivity contribution is 5.97. The van der Waals surface area contributed by atoms with Crippen LogP contribution < -0.4 is 14.9 Å². The number of carbonyl (C=O) groups excluding carboxylic acids is 1. The summed E-state index contributed by atoms with van der Waals surface area (Å²) < 4.78 is 10.6. The topological polar surface area (TPSA) is 59.9 Å². The molecule has 1 atom stereocenters. The van der Waals surface area contributed by atoms with Gasteiger partial charge < -0.3 is 9.47 Å². The molecule has 2 aliphatic rings. The molecule has 5 heteroatoms. The molecule has 5 nitrogen and oxygen atoms in total. The Labute approximate surface area is 146 Å². The average Bonchev–Trinajstić information content (AvgIpc) is 3.15. The number of fused-ring (bicyclic) bond motifs is 1. The molecular weight excluding hydrogens is 316 g/mol. The van der Waals surface area contributed by atoms with Crippen LogP contribution in [0.5, 0.6) is 11.5 Å². The Morgan fingerprint density at radius 3 is 2.76 bits per heavy atom. The van der Waals surface area contributed by atoms with Crippen molar-refractivity contribution in [2.75, 3.05) is 6.79 Å². The van der Waals surface area contributed by atoms with Crippen molar-refractivity contribution in [2.45, 2.75) is 31.6 Å². The van der Waals surface area contributed by atoms with E-state index in [2.05, 4.69) is 22.7 Å². The van der Waals surface area contributed by atoms with E-state index >= 15 is 0 Å². The zero-order valence-corrected chi connectivity index (χ0v) is 13.9. The Morgan fingerprint density at radius 1 is 1.04 bits per heavy atom. The number of nitrogens with zero attached hydrogens (tertiary/aromatic N) is 1. The fraction of sp³-hybridized carbons (Fsp3) is 0.300. The van der Waals surface area contributed by atoms with Crippen LogP contribution >= 0.6 is 0 Å². The van der Waals surface area contributed by atoms with Gasteiger partial charge in [-0.1, -0.05) is 36.8 Å². The molecule has 128 valence electrons. The van der Waals surface area contributed by atoms with Crippen molar-refractivity contribution in [3.63, 3.8) is 0 Å². The minimum Gasteiger partial charge on any atom is -0.454 e. The Bertz CT molecular complexity index is 802. The second-order valence-electron chi connectivity index (χ2n) is 6.32. The molecule has 0 saturated heterocycles. The Hall–Kier alpha value is -2.82. The molecule has 1 saturated carbocycles. The first-order chi connectivity index (χ1) is 12.3. The fourth-order valence-corrected chi connectivity index (χ4v) is 3.40. The Kier molecular flexibility index (Phi) is 4.37. The van der Waals surface area contributed by atoms with Crippen LogP contribution in [-0.2, 0) is 0 Å². The maximum atomic E-state index is 12.4. The molecule has 0 spiro atoms. The van der Waals surface area contributed by atoms with Gasteiger partial charge in [-0.2, -0.15) is 5.10 Å². The van der Waals surface area contributed by atoms with Gasteiger partial charge in [0, 0.05) is 17.2 Å².